The third kappa shape index (κ3) is 3.48. The third-order valence-electron chi connectivity index (χ3n) is 5.33. The number of carbonyl (C=O) groups excluding carboxylic acids is 1. The van der Waals surface area contributed by atoms with Crippen LogP contribution in [0.25, 0.3) is 23.0 Å². The average Bonchev–Trinajstić information content (AvgIpc) is 3.39. The summed E-state index contributed by atoms with van der Waals surface area (Å²) >= 11 is 0. The fourth-order valence-corrected chi connectivity index (χ4v) is 3.78. The van der Waals surface area contributed by atoms with E-state index < -0.39 is 11.6 Å². The van der Waals surface area contributed by atoms with Gasteiger partial charge in [0.25, 0.3) is 11.8 Å². The molecule has 3 heterocycles. The molecule has 1 aliphatic heterocycles. The molecule has 156 valence electrons. The van der Waals surface area contributed by atoms with Gasteiger partial charge in [0.2, 0.25) is 5.82 Å². The lowest BCUT2D eigenvalue weighted by Crippen LogP contribution is -2.36. The zero-order valence-electron chi connectivity index (χ0n) is 16.5. The first-order valence-corrected chi connectivity index (χ1v) is 9.69. The van der Waals surface area contributed by atoms with Crippen molar-refractivity contribution >= 4 is 5.91 Å². The summed E-state index contributed by atoms with van der Waals surface area (Å²) in [6.45, 7) is 0.826. The molecule has 0 aliphatic carbocycles. The van der Waals surface area contributed by atoms with Crippen molar-refractivity contribution in [3.8, 4) is 23.0 Å². The summed E-state index contributed by atoms with van der Waals surface area (Å²) in [5.74, 6) is -0.519. The molecule has 0 radical (unpaired) electrons. The summed E-state index contributed by atoms with van der Waals surface area (Å²) < 4.78 is 33.9. The van der Waals surface area contributed by atoms with Gasteiger partial charge in [0, 0.05) is 42.4 Å². The maximum Gasteiger partial charge on any atom is 0.279 e. The predicted molar refractivity (Wildman–Crippen MR) is 107 cm³/mol. The molecule has 0 bridgehead atoms. The van der Waals surface area contributed by atoms with Crippen LogP contribution in [-0.2, 0) is 20.0 Å². The van der Waals surface area contributed by atoms with Gasteiger partial charge >= 0.3 is 0 Å². The predicted octanol–water partition coefficient (Wildman–Crippen LogP) is 3.61. The Bertz CT molecular complexity index is 1280. The van der Waals surface area contributed by atoms with Crippen molar-refractivity contribution in [2.75, 3.05) is 6.54 Å². The maximum absolute atomic E-state index is 13.5. The first-order valence-electron chi connectivity index (χ1n) is 9.69. The van der Waals surface area contributed by atoms with E-state index in [1.54, 1.807) is 21.7 Å². The maximum atomic E-state index is 13.5. The standard InChI is InChI=1S/C22H17F2N5O2/c1-28-18-9-10-29(22(30)13-5-7-15(23)8-6-13)12-17(18)19(26-28)21-25-20(27-31-21)14-3-2-4-16(24)11-14/h2-8,11H,9-10,12H2,1H3. The van der Waals surface area contributed by atoms with E-state index in [1.807, 2.05) is 7.05 Å². The number of hydrogen-bond acceptors (Lipinski definition) is 5. The SMILES string of the molecule is Cn1nc(-c2nc(-c3cccc(F)c3)no2)c2c1CCN(C(=O)c1ccc(F)cc1)C2. The highest BCUT2D eigenvalue weighted by Gasteiger charge is 2.30. The molecule has 31 heavy (non-hydrogen) atoms. The number of amides is 1. The van der Waals surface area contributed by atoms with Gasteiger partial charge in [-0.15, -0.1) is 0 Å². The minimum Gasteiger partial charge on any atom is -0.334 e. The second-order valence-electron chi connectivity index (χ2n) is 7.31. The number of halogens is 2. The van der Waals surface area contributed by atoms with E-state index in [9.17, 15) is 13.6 Å². The van der Waals surface area contributed by atoms with Gasteiger partial charge in [-0.05, 0) is 36.4 Å². The molecule has 0 saturated carbocycles. The lowest BCUT2D eigenvalue weighted by molar-refractivity contribution is 0.0733. The van der Waals surface area contributed by atoms with Gasteiger partial charge < -0.3 is 9.42 Å². The summed E-state index contributed by atoms with van der Waals surface area (Å²) in [7, 11) is 1.82. The quantitative estimate of drug-likeness (QED) is 0.505. The molecule has 5 rings (SSSR count). The van der Waals surface area contributed by atoms with Crippen LogP contribution in [0, 0.1) is 11.6 Å². The number of nitrogens with zero attached hydrogens (tertiary/aromatic N) is 5. The zero-order chi connectivity index (χ0) is 21.5. The largest absolute Gasteiger partial charge is 0.334 e. The van der Waals surface area contributed by atoms with Gasteiger partial charge in [0.05, 0.1) is 6.54 Å². The van der Waals surface area contributed by atoms with Crippen LogP contribution in [0.2, 0.25) is 0 Å². The lowest BCUT2D eigenvalue weighted by atomic mass is 10.0. The number of aryl methyl sites for hydroxylation is 1. The Hall–Kier alpha value is -3.88. The Morgan fingerprint density at radius 2 is 1.90 bits per heavy atom. The molecule has 2 aromatic carbocycles. The molecule has 0 fully saturated rings. The molecule has 0 unspecified atom stereocenters. The van der Waals surface area contributed by atoms with Crippen molar-refractivity contribution < 1.29 is 18.1 Å². The summed E-state index contributed by atoms with van der Waals surface area (Å²) in [6.07, 6.45) is 0.608. The van der Waals surface area contributed by atoms with Gasteiger partial charge in [0.15, 0.2) is 5.69 Å². The summed E-state index contributed by atoms with van der Waals surface area (Å²) in [6, 6.07) is 11.4. The Morgan fingerprint density at radius 1 is 1.10 bits per heavy atom. The van der Waals surface area contributed by atoms with Crippen LogP contribution in [0.3, 0.4) is 0 Å². The molecule has 9 heteroatoms. The van der Waals surface area contributed by atoms with Crippen molar-refractivity contribution in [2.24, 2.45) is 7.05 Å². The number of rotatable bonds is 3. The van der Waals surface area contributed by atoms with E-state index in [0.29, 0.717) is 36.3 Å². The zero-order valence-corrected chi connectivity index (χ0v) is 16.5. The Labute approximate surface area is 175 Å². The van der Waals surface area contributed by atoms with E-state index in [-0.39, 0.29) is 17.6 Å². The Kier molecular flexibility index (Phi) is 4.58. The van der Waals surface area contributed by atoms with Gasteiger partial charge in [-0.2, -0.15) is 10.1 Å². The lowest BCUT2D eigenvalue weighted by Gasteiger charge is -2.27. The number of hydrogen-bond donors (Lipinski definition) is 0. The molecule has 0 spiro atoms. The van der Waals surface area contributed by atoms with Crippen molar-refractivity contribution in [2.45, 2.75) is 13.0 Å². The summed E-state index contributed by atoms with van der Waals surface area (Å²) in [5, 5.41) is 8.48. The van der Waals surface area contributed by atoms with Crippen molar-refractivity contribution in [3.63, 3.8) is 0 Å². The smallest absolute Gasteiger partial charge is 0.279 e. The van der Waals surface area contributed by atoms with E-state index in [0.717, 1.165) is 11.3 Å². The number of fused-ring (bicyclic) bond motifs is 1. The van der Waals surface area contributed by atoms with Crippen LogP contribution in [-0.4, -0.2) is 37.3 Å². The number of aromatic nitrogens is 4. The van der Waals surface area contributed by atoms with Crippen LogP contribution >= 0.6 is 0 Å². The fraction of sp³-hybridized carbons (Fsp3) is 0.182. The minimum atomic E-state index is -0.394. The first kappa shape index (κ1) is 19.1. The molecular weight excluding hydrogens is 404 g/mol. The highest BCUT2D eigenvalue weighted by Crippen LogP contribution is 2.30. The van der Waals surface area contributed by atoms with E-state index in [1.165, 1.54) is 36.4 Å². The van der Waals surface area contributed by atoms with Gasteiger partial charge in [-0.25, -0.2) is 8.78 Å². The molecule has 0 N–H and O–H groups in total. The van der Waals surface area contributed by atoms with Crippen molar-refractivity contribution in [1.29, 1.82) is 0 Å². The van der Waals surface area contributed by atoms with Crippen LogP contribution < -0.4 is 0 Å². The molecule has 4 aromatic rings. The van der Waals surface area contributed by atoms with E-state index in [2.05, 4.69) is 15.2 Å². The fourth-order valence-electron chi connectivity index (χ4n) is 3.78. The molecule has 7 nitrogen and oxygen atoms in total. The van der Waals surface area contributed by atoms with Crippen molar-refractivity contribution in [3.05, 3.63) is 77.0 Å². The van der Waals surface area contributed by atoms with Crippen LogP contribution in [0.5, 0.6) is 0 Å². The highest BCUT2D eigenvalue weighted by molar-refractivity contribution is 5.94. The van der Waals surface area contributed by atoms with Crippen LogP contribution in [0.1, 0.15) is 21.6 Å². The van der Waals surface area contributed by atoms with Gasteiger partial charge in [0.1, 0.15) is 11.6 Å². The summed E-state index contributed by atoms with van der Waals surface area (Å²) in [4.78, 5) is 19.0. The van der Waals surface area contributed by atoms with E-state index in [4.69, 9.17) is 4.52 Å². The molecule has 0 atom stereocenters. The first-order chi connectivity index (χ1) is 15.0. The molecule has 2 aromatic heterocycles. The van der Waals surface area contributed by atoms with Gasteiger partial charge in [-0.1, -0.05) is 17.3 Å². The molecule has 1 aliphatic rings. The highest BCUT2D eigenvalue weighted by atomic mass is 19.1. The monoisotopic (exact) mass is 421 g/mol. The second kappa shape index (κ2) is 7.42. The third-order valence-corrected chi connectivity index (χ3v) is 5.33. The average molecular weight is 421 g/mol. The van der Waals surface area contributed by atoms with Crippen LogP contribution in [0.15, 0.2) is 53.1 Å². The molecular formula is C22H17F2N5O2. The van der Waals surface area contributed by atoms with Crippen molar-refractivity contribution in [1.82, 2.24) is 24.8 Å². The molecule has 1 amide bonds. The Morgan fingerprint density at radius 3 is 2.68 bits per heavy atom. The van der Waals surface area contributed by atoms with Gasteiger partial charge in [-0.3, -0.25) is 9.48 Å². The molecule has 0 saturated heterocycles. The Balaban J connectivity index is 1.46. The minimum absolute atomic E-state index is 0.188. The normalized spacial score (nSPS) is 13.3. The topological polar surface area (TPSA) is 77.1 Å². The second-order valence-corrected chi connectivity index (χ2v) is 7.31. The van der Waals surface area contributed by atoms with E-state index >= 15 is 0 Å². The number of benzene rings is 2. The number of carbonyl (C=O) groups is 1. The summed E-state index contributed by atoms with van der Waals surface area (Å²) in [5.41, 5.74) is 3.20. The van der Waals surface area contributed by atoms with Crippen LogP contribution in [0.4, 0.5) is 8.78 Å².